The third-order valence-corrected chi connectivity index (χ3v) is 10.8. The van der Waals surface area contributed by atoms with E-state index < -0.39 is 16.8 Å². The Hall–Kier alpha value is -3.04. The highest BCUT2D eigenvalue weighted by molar-refractivity contribution is 6.00. The molecule has 2 amide bonds. The maximum Gasteiger partial charge on any atom is 0.256 e. The standard InChI is InChI=1S/C34H45FN4O4/c1-24(19-25-7-6-8-25)31(41)38-16-13-34(43,33(22-38)11-4-5-12-33)23-39-21-28(32(42)37-17-14-36-15-18-37)27(20-30(39)40)26-9-2-3-10-29(26)35/h2-3,9-10,20-21,24-25,36,43H,4-8,11-19,22-23H2,1H3/t24?,34-/m1/s1. The first-order chi connectivity index (χ1) is 20.7. The zero-order chi connectivity index (χ0) is 30.2. The van der Waals surface area contributed by atoms with E-state index in [1.54, 1.807) is 23.1 Å². The fraction of sp³-hybridized carbons (Fsp3) is 0.618. The lowest BCUT2D eigenvalue weighted by molar-refractivity contribution is -0.163. The van der Waals surface area contributed by atoms with E-state index in [4.69, 9.17) is 0 Å². The molecule has 1 aromatic carbocycles. The number of carbonyl (C=O) groups excluding carboxylic acids is 2. The predicted molar refractivity (Wildman–Crippen MR) is 163 cm³/mol. The third kappa shape index (κ3) is 5.78. The molecule has 0 radical (unpaired) electrons. The van der Waals surface area contributed by atoms with Crippen LogP contribution in [0.25, 0.3) is 11.1 Å². The van der Waals surface area contributed by atoms with Gasteiger partial charge in [-0.05, 0) is 37.7 Å². The van der Waals surface area contributed by atoms with E-state index in [-0.39, 0.29) is 46.5 Å². The molecule has 3 heterocycles. The van der Waals surface area contributed by atoms with Crippen molar-refractivity contribution in [3.63, 3.8) is 0 Å². The molecular formula is C34H45FN4O4. The summed E-state index contributed by atoms with van der Waals surface area (Å²) in [4.78, 5) is 44.7. The number of benzene rings is 1. The number of amides is 2. The number of piperidine rings is 1. The van der Waals surface area contributed by atoms with Gasteiger partial charge < -0.3 is 24.8 Å². The van der Waals surface area contributed by atoms with Crippen molar-refractivity contribution in [1.82, 2.24) is 19.7 Å². The van der Waals surface area contributed by atoms with Crippen molar-refractivity contribution >= 4 is 11.8 Å². The lowest BCUT2D eigenvalue weighted by atomic mass is 9.65. The van der Waals surface area contributed by atoms with E-state index in [2.05, 4.69) is 5.32 Å². The zero-order valence-electron chi connectivity index (χ0n) is 25.3. The molecule has 4 aliphatic rings. The molecule has 8 nitrogen and oxygen atoms in total. The van der Waals surface area contributed by atoms with Gasteiger partial charge in [0.25, 0.3) is 11.5 Å². The number of likely N-dealkylation sites (tertiary alicyclic amines) is 1. The summed E-state index contributed by atoms with van der Waals surface area (Å²) in [5.41, 5.74) is -1.37. The smallest absolute Gasteiger partial charge is 0.256 e. The van der Waals surface area contributed by atoms with Crippen LogP contribution in [0.5, 0.6) is 0 Å². The van der Waals surface area contributed by atoms with Gasteiger partial charge in [-0.15, -0.1) is 0 Å². The Morgan fingerprint density at radius 3 is 2.42 bits per heavy atom. The molecule has 1 aromatic heterocycles. The second-order valence-electron chi connectivity index (χ2n) is 13.6. The predicted octanol–water partition coefficient (Wildman–Crippen LogP) is 4.05. The number of aromatic nitrogens is 1. The highest BCUT2D eigenvalue weighted by Crippen LogP contribution is 2.52. The number of halogens is 1. The van der Waals surface area contributed by atoms with Crippen molar-refractivity contribution in [2.24, 2.45) is 17.3 Å². The molecular weight excluding hydrogens is 547 g/mol. The van der Waals surface area contributed by atoms with E-state index in [1.807, 2.05) is 11.8 Å². The molecule has 2 aliphatic heterocycles. The van der Waals surface area contributed by atoms with Crippen molar-refractivity contribution in [1.29, 1.82) is 0 Å². The van der Waals surface area contributed by atoms with Crippen LogP contribution in [0.15, 0.2) is 41.3 Å². The summed E-state index contributed by atoms with van der Waals surface area (Å²) in [5.74, 6) is 0.0501. The van der Waals surface area contributed by atoms with Gasteiger partial charge >= 0.3 is 0 Å². The molecule has 2 aliphatic carbocycles. The topological polar surface area (TPSA) is 94.9 Å². The third-order valence-electron chi connectivity index (χ3n) is 10.8. The summed E-state index contributed by atoms with van der Waals surface area (Å²) < 4.78 is 16.4. The summed E-state index contributed by atoms with van der Waals surface area (Å²) in [6.45, 7) is 5.37. The largest absolute Gasteiger partial charge is 0.387 e. The summed E-state index contributed by atoms with van der Waals surface area (Å²) in [7, 11) is 0. The maximum atomic E-state index is 15.0. The number of nitrogens with one attached hydrogen (secondary N) is 1. The maximum absolute atomic E-state index is 15.0. The van der Waals surface area contributed by atoms with Gasteiger partial charge in [-0.1, -0.05) is 57.2 Å². The lowest BCUT2D eigenvalue weighted by Crippen LogP contribution is -2.62. The van der Waals surface area contributed by atoms with Gasteiger partial charge in [0, 0.05) is 74.0 Å². The second kappa shape index (κ2) is 12.2. The average molecular weight is 593 g/mol. The van der Waals surface area contributed by atoms with Crippen molar-refractivity contribution < 1.29 is 19.1 Å². The molecule has 6 rings (SSSR count). The molecule has 2 atom stereocenters. The minimum atomic E-state index is -1.21. The summed E-state index contributed by atoms with van der Waals surface area (Å²) in [5, 5.41) is 15.6. The van der Waals surface area contributed by atoms with E-state index in [0.29, 0.717) is 51.6 Å². The van der Waals surface area contributed by atoms with Crippen molar-refractivity contribution in [3.05, 3.63) is 58.3 Å². The lowest BCUT2D eigenvalue weighted by Gasteiger charge is -2.53. The molecule has 2 aromatic rings. The Labute approximate surface area is 253 Å². The van der Waals surface area contributed by atoms with Crippen LogP contribution in [0.4, 0.5) is 4.39 Å². The van der Waals surface area contributed by atoms with Gasteiger partial charge in [-0.25, -0.2) is 4.39 Å². The molecule has 43 heavy (non-hydrogen) atoms. The minimum absolute atomic E-state index is 0.0259. The first-order valence-electron chi connectivity index (χ1n) is 16.2. The highest BCUT2D eigenvalue weighted by Gasteiger charge is 2.56. The number of pyridine rings is 1. The number of carbonyl (C=O) groups is 2. The van der Waals surface area contributed by atoms with Gasteiger partial charge in [-0.3, -0.25) is 14.4 Å². The Kier molecular flexibility index (Phi) is 8.48. The fourth-order valence-electron chi connectivity index (χ4n) is 8.02. The first-order valence-corrected chi connectivity index (χ1v) is 16.2. The van der Waals surface area contributed by atoms with Crippen molar-refractivity contribution in [2.45, 2.75) is 76.9 Å². The molecule has 4 fully saturated rings. The van der Waals surface area contributed by atoms with Gasteiger partial charge in [0.1, 0.15) is 5.82 Å². The second-order valence-corrected chi connectivity index (χ2v) is 13.6. The van der Waals surface area contributed by atoms with Crippen LogP contribution in [-0.2, 0) is 11.3 Å². The van der Waals surface area contributed by atoms with E-state index >= 15 is 0 Å². The Balaban J connectivity index is 1.31. The van der Waals surface area contributed by atoms with Crippen molar-refractivity contribution in [3.8, 4) is 11.1 Å². The van der Waals surface area contributed by atoms with Crippen LogP contribution in [-0.4, -0.2) is 76.2 Å². The van der Waals surface area contributed by atoms with Crippen LogP contribution < -0.4 is 10.9 Å². The van der Waals surface area contributed by atoms with E-state index in [1.165, 1.54) is 42.2 Å². The van der Waals surface area contributed by atoms with Gasteiger partial charge in [0.2, 0.25) is 5.91 Å². The monoisotopic (exact) mass is 592 g/mol. The van der Waals surface area contributed by atoms with Crippen LogP contribution >= 0.6 is 0 Å². The number of hydrogen-bond donors (Lipinski definition) is 2. The summed E-state index contributed by atoms with van der Waals surface area (Å²) in [6, 6.07) is 7.54. The van der Waals surface area contributed by atoms with E-state index in [0.717, 1.165) is 32.1 Å². The molecule has 1 spiro atoms. The molecule has 232 valence electrons. The number of rotatable bonds is 7. The van der Waals surface area contributed by atoms with Crippen LogP contribution in [0.3, 0.4) is 0 Å². The average Bonchev–Trinajstić information content (AvgIpc) is 3.47. The molecule has 2 saturated heterocycles. The van der Waals surface area contributed by atoms with Crippen LogP contribution in [0.2, 0.25) is 0 Å². The SMILES string of the molecule is CC(CC1CCC1)C(=O)N1CC[C@@](O)(Cn2cc(C(=O)N3CCNCC3)c(-c3ccccc3F)cc2=O)C2(CCCC2)C1. The summed E-state index contributed by atoms with van der Waals surface area (Å²) >= 11 is 0. The van der Waals surface area contributed by atoms with Gasteiger partial charge in [0.05, 0.1) is 17.7 Å². The fourth-order valence-corrected chi connectivity index (χ4v) is 8.02. The number of piperazine rings is 1. The van der Waals surface area contributed by atoms with Gasteiger partial charge in [-0.2, -0.15) is 0 Å². The van der Waals surface area contributed by atoms with Gasteiger partial charge in [0.15, 0.2) is 0 Å². The minimum Gasteiger partial charge on any atom is -0.387 e. The van der Waals surface area contributed by atoms with Crippen LogP contribution in [0.1, 0.15) is 75.1 Å². The van der Waals surface area contributed by atoms with Crippen LogP contribution in [0, 0.1) is 23.1 Å². The Morgan fingerprint density at radius 2 is 1.74 bits per heavy atom. The molecule has 9 heteroatoms. The quantitative estimate of drug-likeness (QED) is 0.506. The normalized spacial score (nSPS) is 24.6. The highest BCUT2D eigenvalue weighted by atomic mass is 19.1. The van der Waals surface area contributed by atoms with E-state index in [9.17, 15) is 23.9 Å². The Morgan fingerprint density at radius 1 is 1.02 bits per heavy atom. The Bertz CT molecular complexity index is 1410. The zero-order valence-corrected chi connectivity index (χ0v) is 25.3. The molecule has 2 N–H and O–H groups in total. The number of nitrogens with zero attached hydrogens (tertiary/aromatic N) is 3. The summed E-state index contributed by atoms with van der Waals surface area (Å²) in [6.07, 6.45) is 10.0. The van der Waals surface area contributed by atoms with Crippen molar-refractivity contribution in [2.75, 3.05) is 39.3 Å². The molecule has 1 unspecified atom stereocenters. The molecule has 2 saturated carbocycles. The first kappa shape index (κ1) is 30.0. The molecule has 0 bridgehead atoms. The number of aliphatic hydroxyl groups is 1. The number of hydrogen-bond acceptors (Lipinski definition) is 5.